The molecule has 2 N–H and O–H groups in total. The first-order valence-corrected chi connectivity index (χ1v) is 11.7. The fraction of sp³-hybridized carbons (Fsp3) is 0.292. The van der Waals surface area contributed by atoms with Crippen molar-refractivity contribution in [1.29, 1.82) is 0 Å². The summed E-state index contributed by atoms with van der Waals surface area (Å²) in [7, 11) is 0. The molecule has 1 aromatic carbocycles. The van der Waals surface area contributed by atoms with Gasteiger partial charge in [0.1, 0.15) is 16.9 Å². The molecule has 2 saturated heterocycles. The Labute approximate surface area is 200 Å². The van der Waals surface area contributed by atoms with Crippen LogP contribution in [0.2, 0.25) is 0 Å². The summed E-state index contributed by atoms with van der Waals surface area (Å²) in [6.45, 7) is 5.98. The minimum atomic E-state index is 0.610. The molecule has 0 saturated carbocycles. The summed E-state index contributed by atoms with van der Waals surface area (Å²) in [6.07, 6.45) is 8.91. The maximum Gasteiger partial charge on any atom is 0.180 e. The van der Waals surface area contributed by atoms with Gasteiger partial charge in [-0.1, -0.05) is 0 Å². The molecular formula is C24H24N10O. The molecule has 0 amide bonds. The van der Waals surface area contributed by atoms with Crippen molar-refractivity contribution in [2.75, 3.05) is 49.6 Å². The monoisotopic (exact) mass is 468 g/mol. The third-order valence-corrected chi connectivity index (χ3v) is 6.74. The summed E-state index contributed by atoms with van der Waals surface area (Å²) < 4.78 is 7.28. The molecule has 11 heteroatoms. The molecule has 2 aliphatic heterocycles. The molecular weight excluding hydrogens is 444 g/mol. The Morgan fingerprint density at radius 2 is 1.80 bits per heavy atom. The molecule has 6 heterocycles. The van der Waals surface area contributed by atoms with E-state index in [-0.39, 0.29) is 0 Å². The van der Waals surface area contributed by atoms with Gasteiger partial charge in [0.25, 0.3) is 0 Å². The van der Waals surface area contributed by atoms with Gasteiger partial charge in [-0.2, -0.15) is 5.10 Å². The van der Waals surface area contributed by atoms with Gasteiger partial charge in [-0.15, -0.1) is 0 Å². The summed E-state index contributed by atoms with van der Waals surface area (Å²) in [5.74, 6) is 0.656. The lowest BCUT2D eigenvalue weighted by Gasteiger charge is -2.43. The van der Waals surface area contributed by atoms with Crippen LogP contribution < -0.4 is 10.2 Å². The van der Waals surface area contributed by atoms with Crippen molar-refractivity contribution >= 4 is 34.0 Å². The van der Waals surface area contributed by atoms with Crippen molar-refractivity contribution < 1.29 is 4.74 Å². The van der Waals surface area contributed by atoms with Crippen molar-refractivity contribution in [1.82, 2.24) is 39.4 Å². The van der Waals surface area contributed by atoms with Crippen LogP contribution >= 0.6 is 0 Å². The Hall–Kier alpha value is -4.09. The van der Waals surface area contributed by atoms with Crippen molar-refractivity contribution in [3.8, 4) is 11.4 Å². The molecule has 0 unspecified atom stereocenters. The molecule has 0 radical (unpaired) electrons. The summed E-state index contributed by atoms with van der Waals surface area (Å²) in [5, 5.41) is 10.3. The van der Waals surface area contributed by atoms with Crippen LogP contribution in [0.25, 0.3) is 28.2 Å². The highest BCUT2D eigenvalue weighted by Crippen LogP contribution is 2.26. The lowest BCUT2D eigenvalue weighted by atomic mass is 10.1. The molecule has 0 spiro atoms. The summed E-state index contributed by atoms with van der Waals surface area (Å²) in [4.78, 5) is 23.3. The average Bonchev–Trinajstić information content (AvgIpc) is 3.53. The van der Waals surface area contributed by atoms with Crippen LogP contribution in [0.5, 0.6) is 0 Å². The topological polar surface area (TPSA) is 112 Å². The molecule has 0 bridgehead atoms. The van der Waals surface area contributed by atoms with Gasteiger partial charge in [-0.05, 0) is 24.3 Å². The number of imidazole rings is 1. The maximum absolute atomic E-state index is 5.35. The molecule has 0 aliphatic carbocycles. The van der Waals surface area contributed by atoms with Crippen LogP contribution in [-0.2, 0) is 4.74 Å². The Morgan fingerprint density at radius 3 is 2.60 bits per heavy atom. The average molecular weight is 469 g/mol. The van der Waals surface area contributed by atoms with E-state index in [2.05, 4.69) is 64.5 Å². The van der Waals surface area contributed by atoms with Crippen molar-refractivity contribution in [2.24, 2.45) is 0 Å². The number of benzene rings is 1. The van der Waals surface area contributed by atoms with Gasteiger partial charge in [0.2, 0.25) is 0 Å². The van der Waals surface area contributed by atoms with E-state index < -0.39 is 0 Å². The van der Waals surface area contributed by atoms with Crippen LogP contribution in [0.15, 0.2) is 55.2 Å². The summed E-state index contributed by atoms with van der Waals surface area (Å²) >= 11 is 0. The second kappa shape index (κ2) is 8.29. The van der Waals surface area contributed by atoms with E-state index in [1.807, 2.05) is 16.8 Å². The van der Waals surface area contributed by atoms with E-state index in [1.54, 1.807) is 18.6 Å². The van der Waals surface area contributed by atoms with Gasteiger partial charge >= 0.3 is 0 Å². The molecule has 2 fully saturated rings. The number of nitrogens with zero attached hydrogens (tertiary/aromatic N) is 8. The number of piperazine rings is 1. The van der Waals surface area contributed by atoms with E-state index >= 15 is 0 Å². The van der Waals surface area contributed by atoms with Gasteiger partial charge < -0.3 is 19.4 Å². The van der Waals surface area contributed by atoms with Crippen LogP contribution in [-0.4, -0.2) is 84.9 Å². The third-order valence-electron chi connectivity index (χ3n) is 6.74. The number of hydrogen-bond donors (Lipinski definition) is 2. The Kier molecular flexibility index (Phi) is 4.81. The highest BCUT2D eigenvalue weighted by Gasteiger charge is 2.28. The predicted octanol–water partition coefficient (Wildman–Crippen LogP) is 2.33. The first-order chi connectivity index (χ1) is 17.3. The number of ether oxygens (including phenoxy) is 1. The van der Waals surface area contributed by atoms with E-state index in [0.717, 1.165) is 56.2 Å². The number of hydrogen-bond acceptors (Lipinski definition) is 9. The van der Waals surface area contributed by atoms with E-state index in [4.69, 9.17) is 9.72 Å². The molecule has 176 valence electrons. The minimum Gasteiger partial charge on any atom is -0.378 e. The molecule has 35 heavy (non-hydrogen) atoms. The SMILES string of the molecule is c1cn2cc(-c3cnc4cn[nH]c4n3)nc(Nc3ccc(N4CCN(C5COC5)CC4)cc3)c2n1. The molecule has 11 nitrogen and oxygen atoms in total. The van der Waals surface area contributed by atoms with Crippen molar-refractivity contribution in [3.05, 3.63) is 55.2 Å². The van der Waals surface area contributed by atoms with Crippen molar-refractivity contribution in [2.45, 2.75) is 6.04 Å². The second-order valence-electron chi connectivity index (χ2n) is 8.88. The maximum atomic E-state index is 5.35. The predicted molar refractivity (Wildman–Crippen MR) is 132 cm³/mol. The van der Waals surface area contributed by atoms with E-state index in [0.29, 0.717) is 28.9 Å². The summed E-state index contributed by atoms with van der Waals surface area (Å²) in [6, 6.07) is 9.11. The van der Waals surface area contributed by atoms with Crippen molar-refractivity contribution in [3.63, 3.8) is 0 Å². The molecule has 7 rings (SSSR count). The van der Waals surface area contributed by atoms with Crippen LogP contribution in [0.4, 0.5) is 17.2 Å². The molecule has 0 atom stereocenters. The number of anilines is 3. The van der Waals surface area contributed by atoms with Crippen LogP contribution in [0, 0.1) is 0 Å². The quantitative estimate of drug-likeness (QED) is 0.401. The zero-order chi connectivity index (χ0) is 23.2. The third kappa shape index (κ3) is 3.74. The smallest absolute Gasteiger partial charge is 0.180 e. The van der Waals surface area contributed by atoms with E-state index in [1.165, 1.54) is 5.69 Å². The highest BCUT2D eigenvalue weighted by molar-refractivity contribution is 5.75. The van der Waals surface area contributed by atoms with Gasteiger partial charge in [0, 0.05) is 56.1 Å². The number of fused-ring (bicyclic) bond motifs is 2. The van der Waals surface area contributed by atoms with Crippen LogP contribution in [0.3, 0.4) is 0 Å². The Bertz CT molecular complexity index is 1480. The Balaban J connectivity index is 1.12. The normalized spacial score (nSPS) is 17.2. The number of rotatable bonds is 5. The van der Waals surface area contributed by atoms with Gasteiger partial charge in [-0.3, -0.25) is 10.00 Å². The number of aromatic nitrogens is 7. The van der Waals surface area contributed by atoms with E-state index in [9.17, 15) is 0 Å². The zero-order valence-electron chi connectivity index (χ0n) is 19.0. The number of H-pyrrole nitrogens is 1. The Morgan fingerprint density at radius 1 is 0.943 bits per heavy atom. The number of nitrogens with one attached hydrogen (secondary N) is 2. The fourth-order valence-corrected chi connectivity index (χ4v) is 4.66. The van der Waals surface area contributed by atoms with Gasteiger partial charge in [-0.25, -0.2) is 19.9 Å². The first kappa shape index (κ1) is 20.3. The zero-order valence-corrected chi connectivity index (χ0v) is 19.0. The van der Waals surface area contributed by atoms with Gasteiger partial charge in [0.15, 0.2) is 17.1 Å². The standard InChI is InChI=1S/C24H24N10O/c1-3-17(32-7-9-33(10-8-32)18-14-35-15-18)4-2-16(1)28-23-24-25-5-6-34(24)13-21(30-23)19-11-26-20-12-27-31-22(20)29-19/h1-6,11-13,18H,7-10,14-15H2,(H,28,30)(H,27,29,31). The van der Waals surface area contributed by atoms with Gasteiger partial charge in [0.05, 0.1) is 31.6 Å². The lowest BCUT2D eigenvalue weighted by molar-refractivity contribution is -0.0660. The second-order valence-corrected chi connectivity index (χ2v) is 8.88. The minimum absolute atomic E-state index is 0.610. The first-order valence-electron chi connectivity index (χ1n) is 11.7. The highest BCUT2D eigenvalue weighted by atomic mass is 16.5. The molecule has 5 aromatic rings. The molecule has 2 aliphatic rings. The largest absolute Gasteiger partial charge is 0.378 e. The fourth-order valence-electron chi connectivity index (χ4n) is 4.66. The molecule has 4 aromatic heterocycles. The number of aromatic amines is 1. The lowest BCUT2D eigenvalue weighted by Crippen LogP contribution is -2.56. The summed E-state index contributed by atoms with van der Waals surface area (Å²) in [5.41, 5.74) is 5.61. The van der Waals surface area contributed by atoms with Crippen LogP contribution in [0.1, 0.15) is 0 Å².